The van der Waals surface area contributed by atoms with E-state index in [0.717, 1.165) is 4.88 Å². The van der Waals surface area contributed by atoms with Gasteiger partial charge in [0.1, 0.15) is 0 Å². The first kappa shape index (κ1) is 15.1. The zero-order valence-electron chi connectivity index (χ0n) is 10.9. The molecule has 1 aliphatic rings. The van der Waals surface area contributed by atoms with Gasteiger partial charge in [-0.1, -0.05) is 0 Å². The van der Waals surface area contributed by atoms with Crippen molar-refractivity contribution in [1.29, 1.82) is 0 Å². The highest BCUT2D eigenvalue weighted by atomic mass is 32.1. The molecule has 112 valence electrons. The highest BCUT2D eigenvalue weighted by molar-refractivity contribution is 7.15. The van der Waals surface area contributed by atoms with Gasteiger partial charge in [-0.25, -0.2) is 4.98 Å². The summed E-state index contributed by atoms with van der Waals surface area (Å²) in [5.41, 5.74) is 0.496. The Bertz CT molecular complexity index is 493. The van der Waals surface area contributed by atoms with E-state index in [2.05, 4.69) is 4.98 Å². The quantitative estimate of drug-likeness (QED) is 0.933. The Labute approximate surface area is 118 Å². The van der Waals surface area contributed by atoms with Crippen LogP contribution in [0, 0.1) is 12.8 Å². The van der Waals surface area contributed by atoms with E-state index >= 15 is 0 Å². The van der Waals surface area contributed by atoms with Gasteiger partial charge in [-0.2, -0.15) is 13.2 Å². The molecule has 4 nitrogen and oxygen atoms in total. The van der Waals surface area contributed by atoms with Crippen LogP contribution in [0.3, 0.4) is 0 Å². The third-order valence-electron chi connectivity index (χ3n) is 3.43. The maximum absolute atomic E-state index is 12.6. The number of carboxylic acids is 1. The van der Waals surface area contributed by atoms with Gasteiger partial charge in [0.15, 0.2) is 5.13 Å². The Morgan fingerprint density at radius 3 is 2.55 bits per heavy atom. The maximum Gasteiger partial charge on any atom is 0.391 e. The Balaban J connectivity index is 2.02. The molecule has 0 amide bonds. The SMILES string of the molecule is Cc1sc(N2CCC(C(F)(F)F)CC2)nc1CC(=O)O. The van der Waals surface area contributed by atoms with Crippen molar-refractivity contribution < 1.29 is 23.1 Å². The standard InChI is InChI=1S/C12H15F3N2O2S/c1-7-9(6-10(18)19)16-11(20-7)17-4-2-8(3-5-17)12(13,14)15/h8H,2-6H2,1H3,(H,18,19). The summed E-state index contributed by atoms with van der Waals surface area (Å²) < 4.78 is 37.8. The summed E-state index contributed by atoms with van der Waals surface area (Å²) in [4.78, 5) is 17.5. The van der Waals surface area contributed by atoms with Gasteiger partial charge in [0.05, 0.1) is 18.0 Å². The highest BCUT2D eigenvalue weighted by Crippen LogP contribution is 2.36. The second-order valence-corrected chi connectivity index (χ2v) is 6.05. The number of thiazole rings is 1. The number of aryl methyl sites for hydroxylation is 1. The molecule has 0 aliphatic carbocycles. The van der Waals surface area contributed by atoms with Crippen molar-refractivity contribution in [2.75, 3.05) is 18.0 Å². The molecule has 20 heavy (non-hydrogen) atoms. The van der Waals surface area contributed by atoms with Gasteiger partial charge in [-0.05, 0) is 19.8 Å². The summed E-state index contributed by atoms with van der Waals surface area (Å²) in [5, 5.41) is 9.39. The lowest BCUT2D eigenvalue weighted by atomic mass is 9.97. The molecule has 1 aliphatic heterocycles. The zero-order chi connectivity index (χ0) is 14.9. The van der Waals surface area contributed by atoms with E-state index in [9.17, 15) is 18.0 Å². The van der Waals surface area contributed by atoms with E-state index in [1.54, 1.807) is 6.92 Å². The number of aliphatic carboxylic acids is 1. The maximum atomic E-state index is 12.6. The van der Waals surface area contributed by atoms with Crippen molar-refractivity contribution in [3.63, 3.8) is 0 Å². The number of anilines is 1. The average molecular weight is 308 g/mol. The molecule has 1 saturated heterocycles. The molecular formula is C12H15F3N2O2S. The Hall–Kier alpha value is -1.31. The van der Waals surface area contributed by atoms with Crippen molar-refractivity contribution >= 4 is 22.4 Å². The molecule has 0 bridgehead atoms. The third-order valence-corrected chi connectivity index (χ3v) is 4.50. The summed E-state index contributed by atoms with van der Waals surface area (Å²) in [7, 11) is 0. The molecule has 0 aromatic carbocycles. The average Bonchev–Trinajstić information content (AvgIpc) is 2.69. The van der Waals surface area contributed by atoms with Crippen LogP contribution in [0.5, 0.6) is 0 Å². The van der Waals surface area contributed by atoms with Crippen LogP contribution in [0.4, 0.5) is 18.3 Å². The molecule has 0 spiro atoms. The largest absolute Gasteiger partial charge is 0.481 e. The van der Waals surface area contributed by atoms with Gasteiger partial charge in [0.2, 0.25) is 0 Å². The molecule has 0 atom stereocenters. The van der Waals surface area contributed by atoms with E-state index in [1.165, 1.54) is 11.3 Å². The van der Waals surface area contributed by atoms with E-state index in [1.807, 2.05) is 4.90 Å². The van der Waals surface area contributed by atoms with Crippen LogP contribution in [0.2, 0.25) is 0 Å². The van der Waals surface area contributed by atoms with E-state index in [4.69, 9.17) is 5.11 Å². The Morgan fingerprint density at radius 1 is 1.45 bits per heavy atom. The lowest BCUT2D eigenvalue weighted by Gasteiger charge is -2.32. The smallest absolute Gasteiger partial charge is 0.391 e. The number of hydrogen-bond acceptors (Lipinski definition) is 4. The summed E-state index contributed by atoms with van der Waals surface area (Å²) in [6, 6.07) is 0. The number of aromatic nitrogens is 1. The first-order valence-corrected chi connectivity index (χ1v) is 7.08. The number of carbonyl (C=O) groups is 1. The van der Waals surface area contributed by atoms with Crippen LogP contribution >= 0.6 is 11.3 Å². The lowest BCUT2D eigenvalue weighted by molar-refractivity contribution is -0.179. The van der Waals surface area contributed by atoms with E-state index < -0.39 is 18.1 Å². The summed E-state index contributed by atoms with van der Waals surface area (Å²) in [6.07, 6.45) is -4.15. The molecule has 2 rings (SSSR count). The molecule has 0 radical (unpaired) electrons. The predicted molar refractivity (Wildman–Crippen MR) is 69.2 cm³/mol. The van der Waals surface area contributed by atoms with Gasteiger partial charge in [-0.3, -0.25) is 4.79 Å². The number of halogens is 3. The van der Waals surface area contributed by atoms with Crippen LogP contribution in [0.25, 0.3) is 0 Å². The Morgan fingerprint density at radius 2 is 2.05 bits per heavy atom. The molecule has 0 saturated carbocycles. The molecule has 1 N–H and O–H groups in total. The molecule has 1 aromatic heterocycles. The number of carboxylic acid groups (broad SMARTS) is 1. The predicted octanol–water partition coefficient (Wildman–Crippen LogP) is 2.86. The molecule has 8 heteroatoms. The first-order chi connectivity index (χ1) is 9.27. The number of piperidine rings is 1. The minimum absolute atomic E-state index is 0.0659. The fraction of sp³-hybridized carbons (Fsp3) is 0.667. The molecular weight excluding hydrogens is 293 g/mol. The molecule has 2 heterocycles. The second kappa shape index (κ2) is 5.59. The number of rotatable bonds is 3. The topological polar surface area (TPSA) is 53.4 Å². The third kappa shape index (κ3) is 3.41. The van der Waals surface area contributed by atoms with Gasteiger partial charge >= 0.3 is 12.1 Å². The number of hydrogen-bond donors (Lipinski definition) is 1. The highest BCUT2D eigenvalue weighted by Gasteiger charge is 2.41. The first-order valence-electron chi connectivity index (χ1n) is 6.27. The minimum atomic E-state index is -4.13. The van der Waals surface area contributed by atoms with Crippen LogP contribution < -0.4 is 4.90 Å². The van der Waals surface area contributed by atoms with Crippen molar-refractivity contribution in [2.45, 2.75) is 32.4 Å². The molecule has 0 unspecified atom stereocenters. The summed E-state index contributed by atoms with van der Waals surface area (Å²) in [5.74, 6) is -2.20. The van der Waals surface area contributed by atoms with Gasteiger partial charge in [0, 0.05) is 18.0 Å². The van der Waals surface area contributed by atoms with Crippen molar-refractivity contribution in [1.82, 2.24) is 4.98 Å². The number of alkyl halides is 3. The summed E-state index contributed by atoms with van der Waals surface area (Å²) in [6.45, 7) is 2.40. The minimum Gasteiger partial charge on any atom is -0.481 e. The normalized spacial score (nSPS) is 17.5. The van der Waals surface area contributed by atoms with Crippen molar-refractivity contribution in [3.8, 4) is 0 Å². The van der Waals surface area contributed by atoms with E-state index in [-0.39, 0.29) is 19.3 Å². The molecule has 1 fully saturated rings. The van der Waals surface area contributed by atoms with Gasteiger partial charge < -0.3 is 10.0 Å². The van der Waals surface area contributed by atoms with Gasteiger partial charge in [-0.15, -0.1) is 11.3 Å². The molecule has 1 aromatic rings. The Kier molecular flexibility index (Phi) is 4.22. The van der Waals surface area contributed by atoms with Crippen LogP contribution in [0.1, 0.15) is 23.4 Å². The summed E-state index contributed by atoms with van der Waals surface area (Å²) >= 11 is 1.34. The van der Waals surface area contributed by atoms with Crippen molar-refractivity contribution in [3.05, 3.63) is 10.6 Å². The zero-order valence-corrected chi connectivity index (χ0v) is 11.7. The van der Waals surface area contributed by atoms with Crippen LogP contribution in [-0.2, 0) is 11.2 Å². The monoisotopic (exact) mass is 308 g/mol. The van der Waals surface area contributed by atoms with Gasteiger partial charge in [0.25, 0.3) is 0 Å². The second-order valence-electron chi connectivity index (χ2n) is 4.87. The lowest BCUT2D eigenvalue weighted by Crippen LogP contribution is -2.39. The van der Waals surface area contributed by atoms with Crippen LogP contribution in [0.15, 0.2) is 0 Å². The van der Waals surface area contributed by atoms with Crippen molar-refractivity contribution in [2.24, 2.45) is 5.92 Å². The fourth-order valence-corrected chi connectivity index (χ4v) is 3.23. The number of nitrogens with zero attached hydrogens (tertiary/aromatic N) is 2. The fourth-order valence-electron chi connectivity index (χ4n) is 2.25. The van der Waals surface area contributed by atoms with E-state index in [0.29, 0.717) is 23.9 Å². The van der Waals surface area contributed by atoms with Crippen LogP contribution in [-0.4, -0.2) is 35.3 Å².